The van der Waals surface area contributed by atoms with Crippen molar-refractivity contribution >= 4 is 26.9 Å². The molecule has 44 heavy (non-hydrogen) atoms. The number of hydrogen-bond donors (Lipinski definition) is 0. The lowest BCUT2D eigenvalue weighted by molar-refractivity contribution is -0.382. The number of hydrogen-bond acceptors (Lipinski definition) is 11. The number of methoxy groups -OCH3 is 1. The number of rotatable bonds is 13. The Kier molecular flexibility index (Phi) is 12.9. The second kappa shape index (κ2) is 15.3. The second-order valence-electron chi connectivity index (χ2n) is 14.4. The van der Waals surface area contributed by atoms with Crippen LogP contribution >= 0.6 is 0 Å². The first-order chi connectivity index (χ1) is 20.5. The van der Waals surface area contributed by atoms with Crippen LogP contribution in [0.15, 0.2) is 0 Å². The van der Waals surface area contributed by atoms with Gasteiger partial charge in [0.05, 0.1) is 36.9 Å². The third-order valence-electron chi connectivity index (χ3n) is 8.66. The summed E-state index contributed by atoms with van der Waals surface area (Å²) < 4.78 is 49.9. The van der Waals surface area contributed by atoms with Gasteiger partial charge in [-0.25, -0.2) is 0 Å². The van der Waals surface area contributed by atoms with Crippen LogP contribution in [-0.4, -0.2) is 95.8 Å². The van der Waals surface area contributed by atoms with Gasteiger partial charge in [-0.2, -0.15) is 0 Å². The molecule has 254 valence electrons. The summed E-state index contributed by atoms with van der Waals surface area (Å²) in [6, 6.07) is 0. The van der Waals surface area contributed by atoms with E-state index in [9.17, 15) is 14.4 Å². The summed E-state index contributed by atoms with van der Waals surface area (Å²) >= 11 is 0. The third kappa shape index (κ3) is 9.03. The Morgan fingerprint density at radius 2 is 1.59 bits per heavy atom. The van der Waals surface area contributed by atoms with E-state index >= 15 is 0 Å². The van der Waals surface area contributed by atoms with Gasteiger partial charge < -0.3 is 37.6 Å². The minimum absolute atomic E-state index is 0.00403. The van der Waals surface area contributed by atoms with Gasteiger partial charge in [0.25, 0.3) is 0 Å². The normalized spacial score (nSPS) is 32.7. The van der Waals surface area contributed by atoms with E-state index in [0.717, 1.165) is 0 Å². The quantitative estimate of drug-likeness (QED) is 0.160. The minimum Gasteiger partial charge on any atom is -0.466 e. The zero-order chi connectivity index (χ0) is 33.0. The molecule has 0 aromatic heterocycles. The Balaban J connectivity index is 1.90. The Labute approximate surface area is 265 Å². The van der Waals surface area contributed by atoms with Crippen molar-refractivity contribution in [1.82, 2.24) is 0 Å². The first-order valence-corrected chi connectivity index (χ1v) is 18.0. The molecule has 0 aliphatic carbocycles. The van der Waals surface area contributed by atoms with Crippen molar-refractivity contribution in [3.8, 4) is 0 Å². The Morgan fingerprint density at radius 1 is 0.932 bits per heavy atom. The molecule has 3 aliphatic rings. The lowest BCUT2D eigenvalue weighted by Gasteiger charge is -2.53. The molecule has 9 atom stereocenters. The van der Waals surface area contributed by atoms with Crippen LogP contribution in [0, 0.1) is 11.3 Å². The van der Waals surface area contributed by atoms with Crippen LogP contribution in [0.4, 0.5) is 0 Å². The summed E-state index contributed by atoms with van der Waals surface area (Å²) in [4.78, 5) is 36.3. The molecule has 0 N–H and O–H groups in total. The highest BCUT2D eigenvalue weighted by molar-refractivity contribution is 6.55. The largest absolute Gasteiger partial charge is 0.466 e. The zero-order valence-corrected chi connectivity index (χ0v) is 29.7. The maximum atomic E-state index is 12.5. The summed E-state index contributed by atoms with van der Waals surface area (Å²) in [5.74, 6) is -2.26. The lowest BCUT2D eigenvalue weighted by Crippen LogP contribution is -2.69. The van der Waals surface area contributed by atoms with Crippen molar-refractivity contribution in [1.29, 1.82) is 0 Å². The van der Waals surface area contributed by atoms with Crippen molar-refractivity contribution in [2.45, 2.75) is 155 Å². The smallest absolute Gasteiger partial charge is 0.311 e. The van der Waals surface area contributed by atoms with E-state index in [-0.39, 0.29) is 43.3 Å². The summed E-state index contributed by atoms with van der Waals surface area (Å²) in [5, 5.41) is 0. The number of esters is 3. The maximum Gasteiger partial charge on any atom is 0.311 e. The Bertz CT molecular complexity index is 974. The highest BCUT2D eigenvalue weighted by Gasteiger charge is 2.65. The molecule has 0 aromatic carbocycles. The van der Waals surface area contributed by atoms with Crippen LogP contribution in [0.5, 0.6) is 0 Å². The van der Waals surface area contributed by atoms with E-state index in [2.05, 4.69) is 27.7 Å². The van der Waals surface area contributed by atoms with Crippen molar-refractivity contribution in [2.75, 3.05) is 20.3 Å². The molecular formula is C32H56O11Si. The lowest BCUT2D eigenvalue weighted by atomic mass is 9.84. The molecule has 3 fully saturated rings. The molecule has 0 bridgehead atoms. The predicted molar refractivity (Wildman–Crippen MR) is 164 cm³/mol. The van der Waals surface area contributed by atoms with E-state index in [4.69, 9.17) is 37.6 Å². The predicted octanol–water partition coefficient (Wildman–Crippen LogP) is 4.47. The molecule has 0 radical (unpaired) electrons. The van der Waals surface area contributed by atoms with Gasteiger partial charge in [0.15, 0.2) is 27.0 Å². The monoisotopic (exact) mass is 644 g/mol. The molecule has 0 saturated carbocycles. The second-order valence-corrected chi connectivity index (χ2v) is 18.3. The average molecular weight is 645 g/mol. The molecule has 12 heteroatoms. The van der Waals surface area contributed by atoms with Gasteiger partial charge in [-0.3, -0.25) is 14.4 Å². The van der Waals surface area contributed by atoms with E-state index in [0.29, 0.717) is 36.8 Å². The van der Waals surface area contributed by atoms with Gasteiger partial charge in [-0.1, -0.05) is 34.6 Å². The van der Waals surface area contributed by atoms with Crippen LogP contribution in [0.3, 0.4) is 0 Å². The topological polar surface area (TPSA) is 125 Å². The highest BCUT2D eigenvalue weighted by atomic mass is 28.3. The van der Waals surface area contributed by atoms with Crippen LogP contribution in [-0.2, 0) is 52.0 Å². The molecule has 0 amide bonds. The first-order valence-electron chi connectivity index (χ1n) is 16.2. The fourth-order valence-electron chi connectivity index (χ4n) is 6.54. The fraction of sp³-hybridized carbons (Fsp3) is 0.906. The fourth-order valence-corrected chi connectivity index (χ4v) is 9.40. The van der Waals surface area contributed by atoms with E-state index < -0.39 is 56.7 Å². The van der Waals surface area contributed by atoms with Crippen molar-refractivity contribution in [2.24, 2.45) is 11.3 Å². The standard InChI is InChI=1S/C32H56O11Si/c1-18(2)44(19(3)4)43-25-24(16-20(5)17-38-21(6)33)41-26-27(25)42-32(36-11)14-12-23(13-15-37-30(35)31(8,9)10)40-29(32)28(26)39-22(7)34/h18-20,23-29,44H,12-17H2,1-11H3/t20?,23-,24-,25+,26-,27+,28+,29-,32?/m1/s1. The molecule has 3 heterocycles. The molecule has 2 unspecified atom stereocenters. The molecular weight excluding hydrogens is 588 g/mol. The molecule has 3 saturated heterocycles. The average Bonchev–Trinajstić information content (AvgIpc) is 3.25. The van der Waals surface area contributed by atoms with E-state index in [1.165, 1.54) is 13.8 Å². The summed E-state index contributed by atoms with van der Waals surface area (Å²) in [7, 11) is -0.166. The molecule has 3 aliphatic heterocycles. The number of fused-ring (bicyclic) bond motifs is 2. The molecule has 11 nitrogen and oxygen atoms in total. The summed E-state index contributed by atoms with van der Waals surface area (Å²) in [6.45, 7) is 19.4. The van der Waals surface area contributed by atoms with Crippen molar-refractivity contribution in [3.05, 3.63) is 0 Å². The van der Waals surface area contributed by atoms with Crippen molar-refractivity contribution < 1.29 is 52.0 Å². The summed E-state index contributed by atoms with van der Waals surface area (Å²) in [6.07, 6.45) is -1.75. The molecule has 0 spiro atoms. The minimum atomic E-state index is -1.75. The van der Waals surface area contributed by atoms with Gasteiger partial charge >= 0.3 is 17.9 Å². The van der Waals surface area contributed by atoms with E-state index in [1.54, 1.807) is 7.11 Å². The molecule has 0 aromatic rings. The highest BCUT2D eigenvalue weighted by Crippen LogP contribution is 2.48. The number of ether oxygens (including phenoxy) is 7. The van der Waals surface area contributed by atoms with Crippen LogP contribution < -0.4 is 0 Å². The third-order valence-corrected chi connectivity index (χ3v) is 11.9. The van der Waals surface area contributed by atoms with Gasteiger partial charge in [0.2, 0.25) is 0 Å². The van der Waals surface area contributed by atoms with Gasteiger partial charge in [-0.15, -0.1) is 0 Å². The maximum absolute atomic E-state index is 12.5. The van der Waals surface area contributed by atoms with Crippen LogP contribution in [0.25, 0.3) is 0 Å². The Morgan fingerprint density at radius 3 is 2.14 bits per heavy atom. The first kappa shape index (κ1) is 36.9. The number of carbonyl (C=O) groups excluding carboxylic acids is 3. The van der Waals surface area contributed by atoms with Crippen LogP contribution in [0.1, 0.15) is 94.9 Å². The SMILES string of the molecule is COC12CC[C@H](CCOC(=O)C(C)(C)C)O[C@@H]1[C@@H](OC(C)=O)[C@@H]1O[C@H](CC(C)COC(C)=O)[C@H](O[SiH](C(C)C)C(C)C)[C@@H]1O2. The molecule has 3 rings (SSSR count). The van der Waals surface area contributed by atoms with Crippen LogP contribution in [0.2, 0.25) is 11.1 Å². The van der Waals surface area contributed by atoms with Gasteiger partial charge in [-0.05, 0) is 50.6 Å². The van der Waals surface area contributed by atoms with E-state index in [1.807, 2.05) is 27.7 Å². The van der Waals surface area contributed by atoms with Gasteiger partial charge in [0, 0.05) is 33.8 Å². The summed E-state index contributed by atoms with van der Waals surface area (Å²) in [5.41, 5.74) is 0.149. The Hall–Kier alpha value is -1.57. The number of carbonyl (C=O) groups is 3. The van der Waals surface area contributed by atoms with Gasteiger partial charge in [0.1, 0.15) is 12.2 Å². The van der Waals surface area contributed by atoms with Crippen molar-refractivity contribution in [3.63, 3.8) is 0 Å². The zero-order valence-electron chi connectivity index (χ0n) is 28.6.